The van der Waals surface area contributed by atoms with Gasteiger partial charge in [0.2, 0.25) is 5.91 Å². The third-order valence-electron chi connectivity index (χ3n) is 3.77. The van der Waals surface area contributed by atoms with Crippen molar-refractivity contribution in [3.8, 4) is 6.07 Å². The summed E-state index contributed by atoms with van der Waals surface area (Å²) in [6, 6.07) is 17.7. The Kier molecular flexibility index (Phi) is 5.63. The summed E-state index contributed by atoms with van der Waals surface area (Å²) in [5.74, 6) is -0.527. The molecule has 3 rings (SSSR count). The van der Waals surface area contributed by atoms with E-state index in [4.69, 9.17) is 5.26 Å². The number of benzene rings is 2. The van der Waals surface area contributed by atoms with Gasteiger partial charge in [0.25, 0.3) is 5.91 Å². The van der Waals surface area contributed by atoms with Gasteiger partial charge < -0.3 is 16.0 Å². The summed E-state index contributed by atoms with van der Waals surface area (Å²) in [5.41, 5.74) is 3.18. The fourth-order valence-electron chi connectivity index (χ4n) is 2.56. The number of pyridine rings is 1. The molecule has 138 valence electrons. The number of hydrogen-bond donors (Lipinski definition) is 3. The van der Waals surface area contributed by atoms with Crippen LogP contribution in [0.1, 0.15) is 22.8 Å². The minimum absolute atomic E-state index is 0.157. The first-order valence-electron chi connectivity index (χ1n) is 8.45. The van der Waals surface area contributed by atoms with Gasteiger partial charge in [-0.2, -0.15) is 5.26 Å². The van der Waals surface area contributed by atoms with E-state index in [1.807, 2.05) is 12.1 Å². The predicted molar refractivity (Wildman–Crippen MR) is 107 cm³/mol. The third-order valence-corrected chi connectivity index (χ3v) is 3.77. The van der Waals surface area contributed by atoms with E-state index in [1.54, 1.807) is 54.7 Å². The summed E-state index contributed by atoms with van der Waals surface area (Å²) < 4.78 is 0. The normalized spacial score (nSPS) is 9.86. The fraction of sp³-hybridized carbons (Fsp3) is 0.0476. The molecule has 0 aliphatic rings. The van der Waals surface area contributed by atoms with Gasteiger partial charge >= 0.3 is 0 Å². The maximum atomic E-state index is 12.5. The molecule has 0 radical (unpaired) electrons. The molecule has 7 heteroatoms. The molecule has 3 N–H and O–H groups in total. The zero-order valence-electron chi connectivity index (χ0n) is 15.1. The van der Waals surface area contributed by atoms with Gasteiger partial charge in [0, 0.05) is 24.5 Å². The highest BCUT2D eigenvalue weighted by Gasteiger charge is 2.10. The van der Waals surface area contributed by atoms with E-state index >= 15 is 0 Å². The maximum absolute atomic E-state index is 12.5. The van der Waals surface area contributed by atoms with Crippen molar-refractivity contribution in [2.45, 2.75) is 6.92 Å². The Bertz CT molecular complexity index is 1070. The number of amides is 2. The van der Waals surface area contributed by atoms with Crippen LogP contribution in [0.3, 0.4) is 0 Å². The highest BCUT2D eigenvalue weighted by molar-refractivity contribution is 6.05. The van der Waals surface area contributed by atoms with E-state index in [2.05, 4.69) is 20.9 Å². The monoisotopic (exact) mass is 371 g/mol. The van der Waals surface area contributed by atoms with E-state index in [-0.39, 0.29) is 11.8 Å². The molecule has 0 unspecified atom stereocenters. The number of carbonyl (C=O) groups excluding carboxylic acids is 2. The molecule has 2 aromatic carbocycles. The van der Waals surface area contributed by atoms with Crippen LogP contribution >= 0.6 is 0 Å². The topological polar surface area (TPSA) is 107 Å². The van der Waals surface area contributed by atoms with Crippen molar-refractivity contribution in [1.29, 1.82) is 5.26 Å². The molecule has 3 aromatic rings. The minimum Gasteiger partial charge on any atom is -0.354 e. The minimum atomic E-state index is -0.370. The number of aromatic nitrogens is 1. The molecular formula is C21H17N5O2. The van der Waals surface area contributed by atoms with Gasteiger partial charge in [-0.05, 0) is 36.4 Å². The number of nitrogens with zero attached hydrogens (tertiary/aromatic N) is 2. The Hall–Kier alpha value is -4.18. The van der Waals surface area contributed by atoms with Crippen molar-refractivity contribution >= 4 is 34.6 Å². The molecular weight excluding hydrogens is 354 g/mol. The predicted octanol–water partition coefficient (Wildman–Crippen LogP) is 3.91. The Morgan fingerprint density at radius 2 is 1.71 bits per heavy atom. The largest absolute Gasteiger partial charge is 0.354 e. The molecule has 0 aliphatic heterocycles. The molecule has 0 saturated heterocycles. The van der Waals surface area contributed by atoms with Gasteiger partial charge in [-0.25, -0.2) is 0 Å². The standard InChI is InChI=1S/C21H17N5O2/c1-14(27)24-17-6-4-7-18(10-17)25-19-9-16(12-23-13-19)21(28)26-20-8-3-2-5-15(20)11-22/h2-10,12-13,25H,1H3,(H,24,27)(H,26,28). The zero-order valence-corrected chi connectivity index (χ0v) is 15.1. The van der Waals surface area contributed by atoms with Gasteiger partial charge in [-0.1, -0.05) is 18.2 Å². The highest BCUT2D eigenvalue weighted by Crippen LogP contribution is 2.21. The maximum Gasteiger partial charge on any atom is 0.257 e. The summed E-state index contributed by atoms with van der Waals surface area (Å²) in [6.07, 6.45) is 3.04. The molecule has 2 amide bonds. The number of nitriles is 1. The lowest BCUT2D eigenvalue weighted by Gasteiger charge is -2.10. The van der Waals surface area contributed by atoms with E-state index in [0.29, 0.717) is 28.2 Å². The Balaban J connectivity index is 1.76. The SMILES string of the molecule is CC(=O)Nc1cccc(Nc2cncc(C(=O)Nc3ccccc3C#N)c2)c1. The van der Waals surface area contributed by atoms with Gasteiger partial charge in [0.1, 0.15) is 6.07 Å². The summed E-state index contributed by atoms with van der Waals surface area (Å²) in [5, 5.41) is 17.7. The van der Waals surface area contributed by atoms with Crippen molar-refractivity contribution in [2.24, 2.45) is 0 Å². The molecule has 0 spiro atoms. The van der Waals surface area contributed by atoms with Gasteiger partial charge in [-0.3, -0.25) is 14.6 Å². The van der Waals surface area contributed by atoms with Crippen molar-refractivity contribution in [2.75, 3.05) is 16.0 Å². The number of para-hydroxylation sites is 1. The lowest BCUT2D eigenvalue weighted by molar-refractivity contribution is -0.114. The van der Waals surface area contributed by atoms with Crippen LogP contribution in [-0.2, 0) is 4.79 Å². The molecule has 0 bridgehead atoms. The van der Waals surface area contributed by atoms with Gasteiger partial charge in [0.15, 0.2) is 0 Å². The Morgan fingerprint density at radius 1 is 0.929 bits per heavy atom. The number of nitrogens with one attached hydrogen (secondary N) is 3. The molecule has 0 aliphatic carbocycles. The molecule has 0 fully saturated rings. The zero-order chi connectivity index (χ0) is 19.9. The molecule has 1 aromatic heterocycles. The van der Waals surface area contributed by atoms with Gasteiger partial charge in [-0.15, -0.1) is 0 Å². The first kappa shape index (κ1) is 18.6. The smallest absolute Gasteiger partial charge is 0.257 e. The van der Waals surface area contributed by atoms with Crippen LogP contribution in [0.15, 0.2) is 67.0 Å². The molecule has 28 heavy (non-hydrogen) atoms. The lowest BCUT2D eigenvalue weighted by Crippen LogP contribution is -2.13. The fourth-order valence-corrected chi connectivity index (χ4v) is 2.56. The number of anilines is 4. The van der Waals surface area contributed by atoms with Crippen molar-refractivity contribution in [3.63, 3.8) is 0 Å². The lowest BCUT2D eigenvalue weighted by atomic mass is 10.1. The average Bonchev–Trinajstić information content (AvgIpc) is 2.68. The van der Waals surface area contributed by atoms with Crippen LogP contribution in [0.2, 0.25) is 0 Å². The number of hydrogen-bond acceptors (Lipinski definition) is 5. The quantitative estimate of drug-likeness (QED) is 0.630. The van der Waals surface area contributed by atoms with Crippen LogP contribution in [0.25, 0.3) is 0 Å². The first-order chi connectivity index (χ1) is 13.5. The third kappa shape index (κ3) is 4.71. The van der Waals surface area contributed by atoms with E-state index in [1.165, 1.54) is 13.1 Å². The number of rotatable bonds is 5. The second-order valence-electron chi connectivity index (χ2n) is 5.96. The summed E-state index contributed by atoms with van der Waals surface area (Å²) in [7, 11) is 0. The van der Waals surface area contributed by atoms with Crippen LogP contribution in [0.5, 0.6) is 0 Å². The van der Waals surface area contributed by atoms with E-state index in [0.717, 1.165) is 5.69 Å². The highest BCUT2D eigenvalue weighted by atomic mass is 16.2. The molecule has 1 heterocycles. The summed E-state index contributed by atoms with van der Waals surface area (Å²) in [6.45, 7) is 1.44. The van der Waals surface area contributed by atoms with E-state index < -0.39 is 0 Å². The average molecular weight is 371 g/mol. The first-order valence-corrected chi connectivity index (χ1v) is 8.45. The van der Waals surface area contributed by atoms with Crippen molar-refractivity contribution in [1.82, 2.24) is 4.98 Å². The summed E-state index contributed by atoms with van der Waals surface area (Å²) >= 11 is 0. The molecule has 0 saturated carbocycles. The second-order valence-corrected chi connectivity index (χ2v) is 5.96. The number of carbonyl (C=O) groups is 2. The second kappa shape index (κ2) is 8.47. The van der Waals surface area contributed by atoms with Crippen molar-refractivity contribution in [3.05, 3.63) is 78.1 Å². The van der Waals surface area contributed by atoms with Crippen LogP contribution in [0.4, 0.5) is 22.7 Å². The van der Waals surface area contributed by atoms with Crippen LogP contribution in [-0.4, -0.2) is 16.8 Å². The van der Waals surface area contributed by atoms with Gasteiger partial charge in [0.05, 0.1) is 28.7 Å². The van der Waals surface area contributed by atoms with E-state index in [9.17, 15) is 9.59 Å². The van der Waals surface area contributed by atoms with Crippen molar-refractivity contribution < 1.29 is 9.59 Å². The molecule has 7 nitrogen and oxygen atoms in total. The van der Waals surface area contributed by atoms with Crippen LogP contribution < -0.4 is 16.0 Å². The Morgan fingerprint density at radius 3 is 2.50 bits per heavy atom. The van der Waals surface area contributed by atoms with Crippen LogP contribution in [0, 0.1) is 11.3 Å². The Labute approximate surface area is 162 Å². The molecule has 0 atom stereocenters. The summed E-state index contributed by atoms with van der Waals surface area (Å²) in [4.78, 5) is 27.8.